The molecule has 5 nitrogen and oxygen atoms in total. The second-order valence-corrected chi connectivity index (χ2v) is 3.67. The van der Waals surface area contributed by atoms with E-state index in [0.717, 1.165) is 5.56 Å². The Morgan fingerprint density at radius 2 is 2.06 bits per heavy atom. The van der Waals surface area contributed by atoms with Crippen molar-refractivity contribution < 1.29 is 10.0 Å². The Bertz CT molecular complexity index is 376. The Kier molecular flexibility index (Phi) is 5.32. The molecule has 0 spiro atoms. The minimum atomic E-state index is -0.418. The van der Waals surface area contributed by atoms with Gasteiger partial charge in [-0.05, 0) is 5.56 Å². The number of nitro benzene ring substituents is 1. The van der Waals surface area contributed by atoms with Gasteiger partial charge in [0, 0.05) is 31.8 Å². The number of hydrogen-bond donors (Lipinski definition) is 1. The van der Waals surface area contributed by atoms with Crippen molar-refractivity contribution in [2.24, 2.45) is 0 Å². The van der Waals surface area contributed by atoms with E-state index in [4.69, 9.17) is 5.11 Å². The number of hydrogen-bond acceptors (Lipinski definition) is 4. The maximum atomic E-state index is 10.5. The van der Waals surface area contributed by atoms with E-state index < -0.39 is 4.92 Å². The highest BCUT2D eigenvalue weighted by Crippen LogP contribution is 2.13. The molecule has 0 amide bonds. The third-order valence-corrected chi connectivity index (χ3v) is 2.36. The maximum Gasteiger partial charge on any atom is 0.269 e. The van der Waals surface area contributed by atoms with Crippen molar-refractivity contribution >= 4 is 5.69 Å². The number of nitrogens with zero attached hydrogens (tertiary/aromatic N) is 2. The van der Waals surface area contributed by atoms with Gasteiger partial charge in [0.05, 0.1) is 11.5 Å². The molecule has 1 N–H and O–H groups in total. The minimum absolute atomic E-state index is 0.0841. The third-order valence-electron chi connectivity index (χ3n) is 2.36. The average Bonchev–Trinajstić information content (AvgIpc) is 2.30. The zero-order valence-electron chi connectivity index (χ0n) is 9.58. The first-order valence-electron chi connectivity index (χ1n) is 5.35. The standard InChI is InChI=1S/C12H16N2O3/c1-2-7-13(8-9-15)10-11-3-5-12(6-4-11)14(16)17/h2-6,15H,1,7-10H2. The van der Waals surface area contributed by atoms with Gasteiger partial charge in [-0.1, -0.05) is 18.2 Å². The van der Waals surface area contributed by atoms with Crippen LogP contribution in [-0.4, -0.2) is 34.6 Å². The van der Waals surface area contributed by atoms with Gasteiger partial charge in [0.15, 0.2) is 0 Å². The van der Waals surface area contributed by atoms with Crippen LogP contribution < -0.4 is 0 Å². The van der Waals surface area contributed by atoms with E-state index in [0.29, 0.717) is 19.6 Å². The number of benzene rings is 1. The Hall–Kier alpha value is -1.72. The smallest absolute Gasteiger partial charge is 0.269 e. The van der Waals surface area contributed by atoms with Crippen LogP contribution in [0.1, 0.15) is 5.56 Å². The van der Waals surface area contributed by atoms with E-state index in [1.807, 2.05) is 4.90 Å². The molecule has 0 aliphatic heterocycles. The summed E-state index contributed by atoms with van der Waals surface area (Å²) >= 11 is 0. The van der Waals surface area contributed by atoms with Gasteiger partial charge in [0.25, 0.3) is 5.69 Å². The zero-order chi connectivity index (χ0) is 12.7. The van der Waals surface area contributed by atoms with Gasteiger partial charge >= 0.3 is 0 Å². The molecule has 0 radical (unpaired) electrons. The second-order valence-electron chi connectivity index (χ2n) is 3.67. The van der Waals surface area contributed by atoms with Crippen LogP contribution in [0.3, 0.4) is 0 Å². The number of aliphatic hydroxyl groups is 1. The Morgan fingerprint density at radius 1 is 1.41 bits per heavy atom. The first-order chi connectivity index (χ1) is 8.17. The highest BCUT2D eigenvalue weighted by molar-refractivity contribution is 5.32. The lowest BCUT2D eigenvalue weighted by atomic mass is 10.2. The van der Waals surface area contributed by atoms with E-state index in [9.17, 15) is 10.1 Å². The van der Waals surface area contributed by atoms with Crippen molar-refractivity contribution in [3.05, 3.63) is 52.6 Å². The monoisotopic (exact) mass is 236 g/mol. The normalized spacial score (nSPS) is 10.5. The summed E-state index contributed by atoms with van der Waals surface area (Å²) in [5, 5.41) is 19.4. The van der Waals surface area contributed by atoms with Crippen molar-refractivity contribution in [1.82, 2.24) is 4.90 Å². The third kappa shape index (κ3) is 4.34. The van der Waals surface area contributed by atoms with E-state index >= 15 is 0 Å². The Morgan fingerprint density at radius 3 is 2.53 bits per heavy atom. The van der Waals surface area contributed by atoms with Crippen LogP contribution in [0.2, 0.25) is 0 Å². The topological polar surface area (TPSA) is 66.6 Å². The molecule has 17 heavy (non-hydrogen) atoms. The molecule has 0 heterocycles. The van der Waals surface area contributed by atoms with Crippen molar-refractivity contribution in [1.29, 1.82) is 0 Å². The van der Waals surface area contributed by atoms with Crippen molar-refractivity contribution in [2.75, 3.05) is 19.7 Å². The quantitative estimate of drug-likeness (QED) is 0.443. The van der Waals surface area contributed by atoms with Crippen molar-refractivity contribution in [3.8, 4) is 0 Å². The predicted octanol–water partition coefficient (Wildman–Crippen LogP) is 1.58. The Balaban J connectivity index is 2.65. The van der Waals surface area contributed by atoms with Gasteiger partial charge in [-0.2, -0.15) is 0 Å². The van der Waals surface area contributed by atoms with E-state index in [2.05, 4.69) is 6.58 Å². The summed E-state index contributed by atoms with van der Waals surface area (Å²) in [7, 11) is 0. The van der Waals surface area contributed by atoms with Gasteiger partial charge < -0.3 is 5.11 Å². The van der Waals surface area contributed by atoms with Crippen LogP contribution in [0.5, 0.6) is 0 Å². The second kappa shape index (κ2) is 6.78. The van der Waals surface area contributed by atoms with Gasteiger partial charge in [-0.3, -0.25) is 15.0 Å². The molecule has 5 heteroatoms. The molecule has 0 aliphatic carbocycles. The van der Waals surface area contributed by atoms with E-state index in [1.54, 1.807) is 18.2 Å². The highest BCUT2D eigenvalue weighted by Gasteiger charge is 2.06. The molecule has 0 bridgehead atoms. The summed E-state index contributed by atoms with van der Waals surface area (Å²) < 4.78 is 0. The summed E-state index contributed by atoms with van der Waals surface area (Å²) in [6.45, 7) is 5.61. The minimum Gasteiger partial charge on any atom is -0.395 e. The molecule has 0 fully saturated rings. The van der Waals surface area contributed by atoms with Gasteiger partial charge in [-0.15, -0.1) is 6.58 Å². The molecule has 92 valence electrons. The molecule has 1 aromatic carbocycles. The summed E-state index contributed by atoms with van der Waals surface area (Å²) in [4.78, 5) is 12.1. The summed E-state index contributed by atoms with van der Waals surface area (Å²) in [6.07, 6.45) is 1.76. The molecule has 0 saturated carbocycles. The lowest BCUT2D eigenvalue weighted by molar-refractivity contribution is -0.384. The molecule has 0 aliphatic rings. The number of nitro groups is 1. The predicted molar refractivity (Wildman–Crippen MR) is 65.7 cm³/mol. The summed E-state index contributed by atoms with van der Waals surface area (Å²) in [5.74, 6) is 0. The fraction of sp³-hybridized carbons (Fsp3) is 0.333. The summed E-state index contributed by atoms with van der Waals surface area (Å²) in [6, 6.07) is 6.43. The number of rotatable bonds is 7. The average molecular weight is 236 g/mol. The van der Waals surface area contributed by atoms with Crippen LogP contribution in [0.4, 0.5) is 5.69 Å². The van der Waals surface area contributed by atoms with Gasteiger partial charge in [0.2, 0.25) is 0 Å². The summed E-state index contributed by atoms with van der Waals surface area (Å²) in [5.41, 5.74) is 1.07. The molecule has 0 aromatic heterocycles. The maximum absolute atomic E-state index is 10.5. The van der Waals surface area contributed by atoms with Crippen LogP contribution in [0, 0.1) is 10.1 Å². The van der Waals surface area contributed by atoms with Crippen LogP contribution in [0.25, 0.3) is 0 Å². The van der Waals surface area contributed by atoms with Crippen LogP contribution >= 0.6 is 0 Å². The van der Waals surface area contributed by atoms with E-state index in [1.165, 1.54) is 12.1 Å². The van der Waals surface area contributed by atoms with Crippen molar-refractivity contribution in [2.45, 2.75) is 6.54 Å². The molecular formula is C12H16N2O3. The first-order valence-corrected chi connectivity index (χ1v) is 5.35. The van der Waals surface area contributed by atoms with Gasteiger partial charge in [0.1, 0.15) is 0 Å². The molecule has 0 atom stereocenters. The molecule has 1 aromatic rings. The fourth-order valence-electron chi connectivity index (χ4n) is 1.54. The Labute approximate surface area is 100 Å². The first kappa shape index (κ1) is 13.3. The van der Waals surface area contributed by atoms with Crippen LogP contribution in [0.15, 0.2) is 36.9 Å². The zero-order valence-corrected chi connectivity index (χ0v) is 9.58. The number of aliphatic hydroxyl groups excluding tert-OH is 1. The lowest BCUT2D eigenvalue weighted by Crippen LogP contribution is -2.26. The fourth-order valence-corrected chi connectivity index (χ4v) is 1.54. The van der Waals surface area contributed by atoms with Crippen molar-refractivity contribution in [3.63, 3.8) is 0 Å². The van der Waals surface area contributed by atoms with Crippen LogP contribution in [-0.2, 0) is 6.54 Å². The molecule has 1 rings (SSSR count). The highest BCUT2D eigenvalue weighted by atomic mass is 16.6. The molecular weight excluding hydrogens is 220 g/mol. The largest absolute Gasteiger partial charge is 0.395 e. The SMILES string of the molecule is C=CCN(CCO)Cc1ccc([N+](=O)[O-])cc1. The number of non-ortho nitro benzene ring substituents is 1. The molecule has 0 saturated heterocycles. The van der Waals surface area contributed by atoms with Gasteiger partial charge in [-0.25, -0.2) is 0 Å². The molecule has 0 unspecified atom stereocenters. The lowest BCUT2D eigenvalue weighted by Gasteiger charge is -2.19. The van der Waals surface area contributed by atoms with E-state index in [-0.39, 0.29) is 12.3 Å².